The molecular formula is C12H22N2. The molecule has 0 spiro atoms. The van der Waals surface area contributed by atoms with E-state index in [0.29, 0.717) is 18.5 Å². The molecule has 80 valence electrons. The highest BCUT2D eigenvalue weighted by Gasteiger charge is 2.22. The molecule has 14 heavy (non-hydrogen) atoms. The van der Waals surface area contributed by atoms with Crippen molar-refractivity contribution in [2.24, 2.45) is 5.92 Å². The maximum Gasteiger partial charge on any atom is 0.0638 e. The second-order valence-electron chi connectivity index (χ2n) is 4.47. The van der Waals surface area contributed by atoms with Crippen molar-refractivity contribution in [1.29, 1.82) is 5.26 Å². The number of hydrogen-bond acceptors (Lipinski definition) is 2. The van der Waals surface area contributed by atoms with Gasteiger partial charge in [-0.1, -0.05) is 19.8 Å². The summed E-state index contributed by atoms with van der Waals surface area (Å²) in [5.74, 6) is 0.850. The molecule has 0 bridgehead atoms. The lowest BCUT2D eigenvalue weighted by atomic mass is 9.98. The molecule has 2 atom stereocenters. The summed E-state index contributed by atoms with van der Waals surface area (Å²) in [6.07, 6.45) is 7.24. The van der Waals surface area contributed by atoms with E-state index in [1.165, 1.54) is 25.7 Å². The van der Waals surface area contributed by atoms with Crippen LogP contribution in [0, 0.1) is 17.2 Å². The molecule has 1 rings (SSSR count). The van der Waals surface area contributed by atoms with Crippen LogP contribution in [0.4, 0.5) is 0 Å². The molecule has 1 N–H and O–H groups in total. The fourth-order valence-corrected chi connectivity index (χ4v) is 2.40. The van der Waals surface area contributed by atoms with Crippen molar-refractivity contribution in [2.75, 3.05) is 0 Å². The van der Waals surface area contributed by atoms with Crippen LogP contribution in [0.15, 0.2) is 0 Å². The molecule has 1 unspecified atom stereocenters. The summed E-state index contributed by atoms with van der Waals surface area (Å²) < 4.78 is 0. The lowest BCUT2D eigenvalue weighted by Crippen LogP contribution is -2.39. The maximum absolute atomic E-state index is 8.66. The normalized spacial score (nSPS) is 21.8. The van der Waals surface area contributed by atoms with Crippen molar-refractivity contribution in [3.05, 3.63) is 0 Å². The largest absolute Gasteiger partial charge is 0.310 e. The average Bonchev–Trinajstić information content (AvgIpc) is 2.69. The molecule has 1 aliphatic rings. The van der Waals surface area contributed by atoms with Crippen LogP contribution in [0.2, 0.25) is 0 Å². The van der Waals surface area contributed by atoms with Gasteiger partial charge in [0.15, 0.2) is 0 Å². The minimum absolute atomic E-state index is 0.399. The summed E-state index contributed by atoms with van der Waals surface area (Å²) in [4.78, 5) is 0. The Kier molecular flexibility index (Phi) is 4.97. The first-order valence-electron chi connectivity index (χ1n) is 5.91. The van der Waals surface area contributed by atoms with E-state index in [0.717, 1.165) is 12.3 Å². The minimum atomic E-state index is 0.399. The lowest BCUT2D eigenvalue weighted by molar-refractivity contribution is 0.337. The Morgan fingerprint density at radius 1 is 1.43 bits per heavy atom. The molecule has 1 fully saturated rings. The SMILES string of the molecule is CCC(CC#N)N[C@H](C)C1CCCC1. The van der Waals surface area contributed by atoms with Crippen molar-refractivity contribution in [1.82, 2.24) is 5.32 Å². The number of nitrogens with one attached hydrogen (secondary N) is 1. The number of rotatable bonds is 5. The van der Waals surface area contributed by atoms with Gasteiger partial charge in [-0.25, -0.2) is 0 Å². The van der Waals surface area contributed by atoms with Crippen LogP contribution in [-0.4, -0.2) is 12.1 Å². The van der Waals surface area contributed by atoms with E-state index in [-0.39, 0.29) is 0 Å². The van der Waals surface area contributed by atoms with Gasteiger partial charge in [-0.2, -0.15) is 5.26 Å². The van der Waals surface area contributed by atoms with Gasteiger partial charge in [-0.3, -0.25) is 0 Å². The van der Waals surface area contributed by atoms with Crippen LogP contribution < -0.4 is 5.32 Å². The Morgan fingerprint density at radius 3 is 2.57 bits per heavy atom. The monoisotopic (exact) mass is 194 g/mol. The third-order valence-corrected chi connectivity index (χ3v) is 3.44. The molecular weight excluding hydrogens is 172 g/mol. The predicted molar refractivity (Wildman–Crippen MR) is 58.9 cm³/mol. The van der Waals surface area contributed by atoms with Crippen molar-refractivity contribution in [3.8, 4) is 6.07 Å². The number of nitrogens with zero attached hydrogens (tertiary/aromatic N) is 1. The first-order valence-corrected chi connectivity index (χ1v) is 5.91. The van der Waals surface area contributed by atoms with Gasteiger partial charge < -0.3 is 5.32 Å². The molecule has 0 radical (unpaired) electrons. The molecule has 2 nitrogen and oxygen atoms in total. The Morgan fingerprint density at radius 2 is 2.07 bits per heavy atom. The zero-order valence-electron chi connectivity index (χ0n) is 9.42. The third kappa shape index (κ3) is 3.31. The highest BCUT2D eigenvalue weighted by atomic mass is 14.9. The maximum atomic E-state index is 8.66. The van der Waals surface area contributed by atoms with Crippen LogP contribution in [-0.2, 0) is 0 Å². The lowest BCUT2D eigenvalue weighted by Gasteiger charge is -2.25. The van der Waals surface area contributed by atoms with Gasteiger partial charge in [0.2, 0.25) is 0 Å². The van der Waals surface area contributed by atoms with Gasteiger partial charge in [0.25, 0.3) is 0 Å². The summed E-state index contributed by atoms with van der Waals surface area (Å²) >= 11 is 0. The van der Waals surface area contributed by atoms with Crippen LogP contribution in [0.1, 0.15) is 52.4 Å². The van der Waals surface area contributed by atoms with Crippen LogP contribution in [0.3, 0.4) is 0 Å². The van der Waals surface area contributed by atoms with Gasteiger partial charge in [0, 0.05) is 12.1 Å². The molecule has 1 aliphatic carbocycles. The van der Waals surface area contributed by atoms with Gasteiger partial charge in [0.1, 0.15) is 0 Å². The van der Waals surface area contributed by atoms with Crippen LogP contribution >= 0.6 is 0 Å². The highest BCUT2D eigenvalue weighted by molar-refractivity contribution is 4.85. The molecule has 2 heteroatoms. The van der Waals surface area contributed by atoms with E-state index in [1.54, 1.807) is 0 Å². The van der Waals surface area contributed by atoms with Crippen molar-refractivity contribution in [2.45, 2.75) is 64.5 Å². The topological polar surface area (TPSA) is 35.8 Å². The molecule has 0 aliphatic heterocycles. The Hall–Kier alpha value is -0.550. The summed E-state index contributed by atoms with van der Waals surface area (Å²) in [6.45, 7) is 4.42. The zero-order valence-corrected chi connectivity index (χ0v) is 9.42. The van der Waals surface area contributed by atoms with Gasteiger partial charge in [-0.05, 0) is 32.1 Å². The van der Waals surface area contributed by atoms with Crippen LogP contribution in [0.25, 0.3) is 0 Å². The standard InChI is InChI=1S/C12H22N2/c1-3-12(8-9-13)14-10(2)11-6-4-5-7-11/h10-12,14H,3-8H2,1-2H3/t10-,12?/m1/s1. The van der Waals surface area contributed by atoms with E-state index >= 15 is 0 Å². The molecule has 1 saturated carbocycles. The Balaban J connectivity index is 2.30. The quantitative estimate of drug-likeness (QED) is 0.730. The van der Waals surface area contributed by atoms with Crippen molar-refractivity contribution in [3.63, 3.8) is 0 Å². The zero-order chi connectivity index (χ0) is 10.4. The smallest absolute Gasteiger partial charge is 0.0638 e. The predicted octanol–water partition coefficient (Wildman–Crippen LogP) is 2.85. The first kappa shape index (κ1) is 11.5. The Bertz CT molecular complexity index is 189. The summed E-state index contributed by atoms with van der Waals surface area (Å²) in [7, 11) is 0. The van der Waals surface area contributed by atoms with E-state index in [4.69, 9.17) is 5.26 Å². The molecule has 0 aromatic rings. The van der Waals surface area contributed by atoms with Gasteiger partial charge in [0.05, 0.1) is 12.5 Å². The van der Waals surface area contributed by atoms with E-state index < -0.39 is 0 Å². The minimum Gasteiger partial charge on any atom is -0.310 e. The summed E-state index contributed by atoms with van der Waals surface area (Å²) in [5.41, 5.74) is 0. The second-order valence-corrected chi connectivity index (χ2v) is 4.47. The van der Waals surface area contributed by atoms with E-state index in [1.807, 2.05) is 0 Å². The molecule has 0 saturated heterocycles. The van der Waals surface area contributed by atoms with Crippen molar-refractivity contribution < 1.29 is 0 Å². The molecule has 0 amide bonds. The van der Waals surface area contributed by atoms with Crippen LogP contribution in [0.5, 0.6) is 0 Å². The van der Waals surface area contributed by atoms with Crippen molar-refractivity contribution >= 4 is 0 Å². The van der Waals surface area contributed by atoms with Gasteiger partial charge in [-0.15, -0.1) is 0 Å². The summed E-state index contributed by atoms with van der Waals surface area (Å²) in [5, 5.41) is 12.2. The van der Waals surface area contributed by atoms with Gasteiger partial charge >= 0.3 is 0 Å². The third-order valence-electron chi connectivity index (χ3n) is 3.44. The number of hydrogen-bond donors (Lipinski definition) is 1. The first-order chi connectivity index (χ1) is 6.77. The van der Waals surface area contributed by atoms with E-state index in [2.05, 4.69) is 25.2 Å². The fraction of sp³-hybridized carbons (Fsp3) is 0.917. The molecule has 0 aromatic carbocycles. The highest BCUT2D eigenvalue weighted by Crippen LogP contribution is 2.27. The Labute approximate surface area is 87.7 Å². The summed E-state index contributed by atoms with van der Waals surface area (Å²) in [6, 6.07) is 3.24. The average molecular weight is 194 g/mol. The number of nitriles is 1. The van der Waals surface area contributed by atoms with E-state index in [9.17, 15) is 0 Å². The second kappa shape index (κ2) is 6.03. The fourth-order valence-electron chi connectivity index (χ4n) is 2.40. The molecule has 0 heterocycles. The molecule has 0 aromatic heterocycles.